The van der Waals surface area contributed by atoms with E-state index in [0.717, 1.165) is 62.2 Å². The molecule has 0 saturated carbocycles. The third kappa shape index (κ3) is 4.55. The number of aromatic amines is 1. The highest BCUT2D eigenvalue weighted by atomic mass is 16.5. The molecular formula is C24H27N3O4. The standard InChI is InChI=1S/C23H25N3O2.CH2O2/c27-23(26-14-10-17(11-15-26)28-16-8-12-24-13-9-16)20-6-3-5-19-18-4-1-2-7-21(18)25-22(19)20;2-1-3/h1-2,4,7-9,12-13,17,20,25H,3,5-6,10-11,14-15H2;1H,(H,2,3). The number of carboxylic acid groups (broad SMARTS) is 1. The molecule has 5 rings (SSSR count). The van der Waals surface area contributed by atoms with Crippen molar-refractivity contribution in [2.45, 2.75) is 44.1 Å². The lowest BCUT2D eigenvalue weighted by Gasteiger charge is -2.35. The summed E-state index contributed by atoms with van der Waals surface area (Å²) >= 11 is 0. The minimum absolute atomic E-state index is 0.0335. The van der Waals surface area contributed by atoms with Crippen LogP contribution < -0.4 is 4.74 Å². The number of rotatable bonds is 3. The van der Waals surface area contributed by atoms with Crippen molar-refractivity contribution < 1.29 is 19.4 Å². The molecule has 2 aromatic heterocycles. The molecule has 1 aliphatic carbocycles. The number of benzene rings is 1. The summed E-state index contributed by atoms with van der Waals surface area (Å²) in [5.41, 5.74) is 3.64. The topological polar surface area (TPSA) is 95.5 Å². The van der Waals surface area contributed by atoms with Crippen molar-refractivity contribution in [3.8, 4) is 5.75 Å². The largest absolute Gasteiger partial charge is 0.490 e. The highest BCUT2D eigenvalue weighted by molar-refractivity contribution is 5.90. The monoisotopic (exact) mass is 421 g/mol. The number of nitrogens with one attached hydrogen (secondary N) is 1. The zero-order chi connectivity index (χ0) is 21.6. The van der Waals surface area contributed by atoms with Gasteiger partial charge in [-0.15, -0.1) is 0 Å². The summed E-state index contributed by atoms with van der Waals surface area (Å²) in [7, 11) is 0. The fourth-order valence-electron chi connectivity index (χ4n) is 4.69. The molecule has 1 saturated heterocycles. The van der Waals surface area contributed by atoms with Crippen LogP contribution in [0.5, 0.6) is 5.75 Å². The highest BCUT2D eigenvalue weighted by Gasteiger charge is 2.34. The van der Waals surface area contributed by atoms with Gasteiger partial charge >= 0.3 is 0 Å². The summed E-state index contributed by atoms with van der Waals surface area (Å²) in [5.74, 6) is 1.10. The summed E-state index contributed by atoms with van der Waals surface area (Å²) in [5, 5.41) is 8.17. The lowest BCUT2D eigenvalue weighted by atomic mass is 9.85. The second-order valence-corrected chi connectivity index (χ2v) is 7.94. The SMILES string of the molecule is O=C(C1CCCc2c1[nH]c1ccccc21)N1CCC(Oc2ccncc2)CC1.O=CO. The van der Waals surface area contributed by atoms with Gasteiger partial charge in [0, 0.05) is 54.9 Å². The summed E-state index contributed by atoms with van der Waals surface area (Å²) in [6, 6.07) is 12.2. The Morgan fingerprint density at radius 1 is 1.13 bits per heavy atom. The molecule has 1 amide bonds. The first-order valence-electron chi connectivity index (χ1n) is 10.7. The Morgan fingerprint density at radius 3 is 2.58 bits per heavy atom. The van der Waals surface area contributed by atoms with E-state index in [1.807, 2.05) is 17.0 Å². The zero-order valence-electron chi connectivity index (χ0n) is 17.4. The molecule has 2 N–H and O–H groups in total. The van der Waals surface area contributed by atoms with Gasteiger partial charge in [0.15, 0.2) is 0 Å². The molecule has 31 heavy (non-hydrogen) atoms. The van der Waals surface area contributed by atoms with E-state index in [0.29, 0.717) is 0 Å². The molecule has 162 valence electrons. The van der Waals surface area contributed by atoms with Crippen molar-refractivity contribution in [1.29, 1.82) is 0 Å². The number of carbonyl (C=O) groups excluding carboxylic acids is 1. The van der Waals surface area contributed by atoms with Crippen molar-refractivity contribution in [1.82, 2.24) is 14.9 Å². The average molecular weight is 421 g/mol. The fraction of sp³-hybridized carbons (Fsp3) is 0.375. The van der Waals surface area contributed by atoms with Crippen LogP contribution in [-0.2, 0) is 16.0 Å². The third-order valence-electron chi connectivity index (χ3n) is 6.12. The molecule has 7 nitrogen and oxygen atoms in total. The summed E-state index contributed by atoms with van der Waals surface area (Å²) in [6.45, 7) is 1.28. The van der Waals surface area contributed by atoms with Gasteiger partial charge in [-0.05, 0) is 43.0 Å². The zero-order valence-corrected chi connectivity index (χ0v) is 17.4. The minimum Gasteiger partial charge on any atom is -0.490 e. The van der Waals surface area contributed by atoms with Crippen LogP contribution in [0.15, 0.2) is 48.8 Å². The first-order valence-corrected chi connectivity index (χ1v) is 10.7. The van der Waals surface area contributed by atoms with E-state index in [4.69, 9.17) is 14.6 Å². The molecule has 1 atom stereocenters. The van der Waals surface area contributed by atoms with Crippen LogP contribution in [-0.4, -0.2) is 51.5 Å². The minimum atomic E-state index is -0.250. The number of hydrogen-bond acceptors (Lipinski definition) is 4. The number of aryl methyl sites for hydroxylation is 1. The molecule has 1 aromatic carbocycles. The van der Waals surface area contributed by atoms with Crippen molar-refractivity contribution in [3.05, 3.63) is 60.0 Å². The van der Waals surface area contributed by atoms with E-state index in [2.05, 4.69) is 34.2 Å². The van der Waals surface area contributed by atoms with E-state index in [9.17, 15) is 4.79 Å². The van der Waals surface area contributed by atoms with Crippen LogP contribution in [0.4, 0.5) is 0 Å². The van der Waals surface area contributed by atoms with E-state index < -0.39 is 0 Å². The number of H-pyrrole nitrogens is 1. The van der Waals surface area contributed by atoms with Gasteiger partial charge in [-0.1, -0.05) is 18.2 Å². The van der Waals surface area contributed by atoms with Crippen molar-refractivity contribution >= 4 is 23.3 Å². The molecule has 0 bridgehead atoms. The van der Waals surface area contributed by atoms with Gasteiger partial charge < -0.3 is 19.7 Å². The summed E-state index contributed by atoms with van der Waals surface area (Å²) in [6.07, 6.45) is 8.48. The van der Waals surface area contributed by atoms with E-state index in [1.165, 1.54) is 10.9 Å². The Labute approximate surface area is 181 Å². The van der Waals surface area contributed by atoms with Gasteiger partial charge in [-0.2, -0.15) is 0 Å². The maximum Gasteiger partial charge on any atom is 0.290 e. The molecule has 3 heterocycles. The van der Waals surface area contributed by atoms with Crippen LogP contribution >= 0.6 is 0 Å². The molecule has 0 spiro atoms. The fourth-order valence-corrected chi connectivity index (χ4v) is 4.69. The van der Waals surface area contributed by atoms with Crippen LogP contribution in [0.25, 0.3) is 10.9 Å². The lowest BCUT2D eigenvalue weighted by molar-refractivity contribution is -0.135. The molecule has 1 unspecified atom stereocenters. The van der Waals surface area contributed by atoms with Gasteiger partial charge in [-0.25, -0.2) is 0 Å². The molecule has 1 aliphatic heterocycles. The number of likely N-dealkylation sites (tertiary alicyclic amines) is 1. The molecule has 2 aliphatic rings. The Hall–Kier alpha value is -3.35. The second-order valence-electron chi connectivity index (χ2n) is 7.94. The first-order chi connectivity index (χ1) is 15.2. The number of para-hydroxylation sites is 1. The predicted molar refractivity (Wildman–Crippen MR) is 117 cm³/mol. The second kappa shape index (κ2) is 9.64. The number of carbonyl (C=O) groups is 2. The van der Waals surface area contributed by atoms with Crippen molar-refractivity contribution in [3.63, 3.8) is 0 Å². The van der Waals surface area contributed by atoms with Crippen molar-refractivity contribution in [2.24, 2.45) is 0 Å². The number of aromatic nitrogens is 2. The number of fused-ring (bicyclic) bond motifs is 3. The number of hydrogen-bond donors (Lipinski definition) is 2. The quantitative estimate of drug-likeness (QED) is 0.628. The van der Waals surface area contributed by atoms with Crippen LogP contribution in [0.3, 0.4) is 0 Å². The highest BCUT2D eigenvalue weighted by Crippen LogP contribution is 2.37. The number of nitrogens with zero attached hydrogens (tertiary/aromatic N) is 2. The predicted octanol–water partition coefficient (Wildman–Crippen LogP) is 3.75. The Morgan fingerprint density at radius 2 is 1.84 bits per heavy atom. The average Bonchev–Trinajstić information content (AvgIpc) is 3.19. The summed E-state index contributed by atoms with van der Waals surface area (Å²) < 4.78 is 6.04. The molecule has 0 radical (unpaired) electrons. The number of pyridine rings is 1. The van der Waals surface area contributed by atoms with Crippen molar-refractivity contribution in [2.75, 3.05) is 13.1 Å². The lowest BCUT2D eigenvalue weighted by Crippen LogP contribution is -2.44. The van der Waals surface area contributed by atoms with E-state index in [1.54, 1.807) is 12.4 Å². The Balaban J connectivity index is 0.000000730. The van der Waals surface area contributed by atoms with E-state index >= 15 is 0 Å². The number of ether oxygens (including phenoxy) is 1. The van der Waals surface area contributed by atoms with Crippen LogP contribution in [0.2, 0.25) is 0 Å². The van der Waals surface area contributed by atoms with Gasteiger partial charge in [0.25, 0.3) is 6.47 Å². The normalized spacial score (nSPS) is 18.6. The third-order valence-corrected chi connectivity index (χ3v) is 6.12. The Bertz CT molecular complexity index is 1030. The number of piperidine rings is 1. The molecule has 3 aromatic rings. The van der Waals surface area contributed by atoms with E-state index in [-0.39, 0.29) is 24.4 Å². The first kappa shape index (κ1) is 20.9. The summed E-state index contributed by atoms with van der Waals surface area (Å²) in [4.78, 5) is 31.3. The number of amides is 1. The van der Waals surface area contributed by atoms with Gasteiger partial charge in [-0.3, -0.25) is 14.6 Å². The molecule has 7 heteroatoms. The smallest absolute Gasteiger partial charge is 0.290 e. The maximum absolute atomic E-state index is 13.3. The molecule has 1 fully saturated rings. The van der Waals surface area contributed by atoms with Gasteiger partial charge in [0.2, 0.25) is 5.91 Å². The Kier molecular flexibility index (Phi) is 6.50. The molecular weight excluding hydrogens is 394 g/mol. The maximum atomic E-state index is 13.3. The van der Waals surface area contributed by atoms with Crippen LogP contribution in [0.1, 0.15) is 42.9 Å². The van der Waals surface area contributed by atoms with Crippen LogP contribution in [0, 0.1) is 0 Å². The van der Waals surface area contributed by atoms with Gasteiger partial charge in [0.1, 0.15) is 11.9 Å². The van der Waals surface area contributed by atoms with Gasteiger partial charge in [0.05, 0.1) is 5.92 Å².